The summed E-state index contributed by atoms with van der Waals surface area (Å²) in [6, 6.07) is 0.373. The molecule has 5 nitrogen and oxygen atoms in total. The van der Waals surface area contributed by atoms with Crippen LogP contribution in [0.2, 0.25) is 0 Å². The van der Waals surface area contributed by atoms with Crippen LogP contribution in [0.5, 0.6) is 0 Å². The molecule has 0 spiro atoms. The molecule has 2 rings (SSSR count). The summed E-state index contributed by atoms with van der Waals surface area (Å²) in [5, 5.41) is 6.89. The van der Waals surface area contributed by atoms with Crippen LogP contribution in [0.1, 0.15) is 39.2 Å². The second-order valence-electron chi connectivity index (χ2n) is 5.39. The Balaban J connectivity index is 2.14. The van der Waals surface area contributed by atoms with Crippen molar-refractivity contribution in [2.24, 2.45) is 5.92 Å². The van der Waals surface area contributed by atoms with Crippen LogP contribution < -0.4 is 10.6 Å². The van der Waals surface area contributed by atoms with E-state index in [9.17, 15) is 0 Å². The third kappa shape index (κ3) is 3.60. The third-order valence-corrected chi connectivity index (χ3v) is 3.83. The van der Waals surface area contributed by atoms with Gasteiger partial charge in [0, 0.05) is 30.7 Å². The molecule has 2 N–H and O–H groups in total. The Kier molecular flexibility index (Phi) is 5.59. The van der Waals surface area contributed by atoms with Gasteiger partial charge in [0.2, 0.25) is 0 Å². The molecule has 1 saturated heterocycles. The van der Waals surface area contributed by atoms with Crippen molar-refractivity contribution in [1.82, 2.24) is 9.97 Å². The molecule has 2 heterocycles. The largest absolute Gasteiger partial charge is 0.381 e. The SMILES string of the molecule is CCCc1c(NCC)ncnc1NC(C)C1CCOC1. The molecule has 1 aliphatic heterocycles. The molecular formula is C15H26N4O. The standard InChI is InChI=1S/C15H26N4O/c1-4-6-13-14(16-5-2)17-10-18-15(13)19-11(3)12-7-8-20-9-12/h10-12H,4-9H2,1-3H3,(H2,16,17,18,19). The predicted octanol–water partition coefficient (Wildman–Crippen LogP) is 2.70. The van der Waals surface area contributed by atoms with E-state index in [0.717, 1.165) is 50.7 Å². The van der Waals surface area contributed by atoms with Gasteiger partial charge in [-0.1, -0.05) is 13.3 Å². The fraction of sp³-hybridized carbons (Fsp3) is 0.733. The second-order valence-corrected chi connectivity index (χ2v) is 5.39. The van der Waals surface area contributed by atoms with Crippen LogP contribution in [0.15, 0.2) is 6.33 Å². The number of aromatic nitrogens is 2. The minimum Gasteiger partial charge on any atom is -0.381 e. The Bertz CT molecular complexity index is 418. The third-order valence-electron chi connectivity index (χ3n) is 3.83. The van der Waals surface area contributed by atoms with Crippen molar-refractivity contribution >= 4 is 11.6 Å². The van der Waals surface area contributed by atoms with Crippen molar-refractivity contribution in [3.05, 3.63) is 11.9 Å². The topological polar surface area (TPSA) is 59.1 Å². The maximum absolute atomic E-state index is 5.47. The molecule has 2 atom stereocenters. The van der Waals surface area contributed by atoms with E-state index < -0.39 is 0 Å². The number of nitrogens with zero attached hydrogens (tertiary/aromatic N) is 2. The summed E-state index contributed by atoms with van der Waals surface area (Å²) in [6.07, 6.45) is 4.83. The summed E-state index contributed by atoms with van der Waals surface area (Å²) in [7, 11) is 0. The van der Waals surface area contributed by atoms with Crippen molar-refractivity contribution in [3.63, 3.8) is 0 Å². The van der Waals surface area contributed by atoms with E-state index in [-0.39, 0.29) is 0 Å². The summed E-state index contributed by atoms with van der Waals surface area (Å²) >= 11 is 0. The maximum Gasteiger partial charge on any atom is 0.134 e. The van der Waals surface area contributed by atoms with Crippen LogP contribution in [-0.2, 0) is 11.2 Å². The van der Waals surface area contributed by atoms with Gasteiger partial charge in [-0.05, 0) is 26.7 Å². The first-order chi connectivity index (χ1) is 9.76. The minimum atomic E-state index is 0.373. The van der Waals surface area contributed by atoms with Crippen molar-refractivity contribution < 1.29 is 4.74 Å². The van der Waals surface area contributed by atoms with Crippen LogP contribution in [-0.4, -0.2) is 35.8 Å². The molecule has 1 aliphatic rings. The molecular weight excluding hydrogens is 252 g/mol. The highest BCUT2D eigenvalue weighted by molar-refractivity contribution is 5.57. The Labute approximate surface area is 121 Å². The highest BCUT2D eigenvalue weighted by atomic mass is 16.5. The lowest BCUT2D eigenvalue weighted by molar-refractivity contribution is 0.183. The smallest absolute Gasteiger partial charge is 0.134 e. The van der Waals surface area contributed by atoms with Gasteiger partial charge in [-0.3, -0.25) is 0 Å². The fourth-order valence-electron chi connectivity index (χ4n) is 2.62. The van der Waals surface area contributed by atoms with Gasteiger partial charge in [-0.15, -0.1) is 0 Å². The number of rotatable bonds is 7. The Morgan fingerprint density at radius 1 is 1.35 bits per heavy atom. The van der Waals surface area contributed by atoms with E-state index >= 15 is 0 Å². The molecule has 0 radical (unpaired) electrons. The van der Waals surface area contributed by atoms with E-state index in [2.05, 4.69) is 41.4 Å². The molecule has 112 valence electrons. The molecule has 1 aromatic rings. The van der Waals surface area contributed by atoms with Crippen LogP contribution >= 0.6 is 0 Å². The van der Waals surface area contributed by atoms with Gasteiger partial charge in [0.15, 0.2) is 0 Å². The van der Waals surface area contributed by atoms with Crippen LogP contribution in [0, 0.1) is 5.92 Å². The van der Waals surface area contributed by atoms with Crippen LogP contribution in [0.3, 0.4) is 0 Å². The summed E-state index contributed by atoms with van der Waals surface area (Å²) < 4.78 is 5.47. The zero-order valence-electron chi connectivity index (χ0n) is 12.8. The molecule has 5 heteroatoms. The van der Waals surface area contributed by atoms with Gasteiger partial charge in [0.25, 0.3) is 0 Å². The van der Waals surface area contributed by atoms with Crippen molar-refractivity contribution in [2.75, 3.05) is 30.4 Å². The van der Waals surface area contributed by atoms with Crippen molar-refractivity contribution in [2.45, 2.75) is 46.1 Å². The van der Waals surface area contributed by atoms with E-state index in [1.807, 2.05) is 0 Å². The lowest BCUT2D eigenvalue weighted by Gasteiger charge is -2.22. The highest BCUT2D eigenvalue weighted by Crippen LogP contribution is 2.25. The van der Waals surface area contributed by atoms with Gasteiger partial charge in [-0.25, -0.2) is 9.97 Å². The number of hydrogen-bond donors (Lipinski definition) is 2. The second kappa shape index (κ2) is 7.43. The summed E-state index contributed by atoms with van der Waals surface area (Å²) in [5.74, 6) is 2.50. The van der Waals surface area contributed by atoms with Crippen molar-refractivity contribution in [1.29, 1.82) is 0 Å². The molecule has 1 fully saturated rings. The van der Waals surface area contributed by atoms with E-state index in [1.54, 1.807) is 6.33 Å². The van der Waals surface area contributed by atoms with E-state index in [0.29, 0.717) is 12.0 Å². The zero-order chi connectivity index (χ0) is 14.4. The number of nitrogens with one attached hydrogen (secondary N) is 2. The van der Waals surface area contributed by atoms with Crippen LogP contribution in [0.25, 0.3) is 0 Å². The Morgan fingerprint density at radius 3 is 2.80 bits per heavy atom. The highest BCUT2D eigenvalue weighted by Gasteiger charge is 2.23. The monoisotopic (exact) mass is 278 g/mol. The summed E-state index contributed by atoms with van der Waals surface area (Å²) in [6.45, 7) is 9.08. The molecule has 20 heavy (non-hydrogen) atoms. The lowest BCUT2D eigenvalue weighted by Crippen LogP contribution is -2.27. The first kappa shape index (κ1) is 15.0. The lowest BCUT2D eigenvalue weighted by atomic mass is 10.0. The molecule has 0 aliphatic carbocycles. The zero-order valence-corrected chi connectivity index (χ0v) is 12.8. The summed E-state index contributed by atoms with van der Waals surface area (Å²) in [4.78, 5) is 8.81. The van der Waals surface area contributed by atoms with Gasteiger partial charge >= 0.3 is 0 Å². The van der Waals surface area contributed by atoms with Crippen molar-refractivity contribution in [3.8, 4) is 0 Å². The molecule has 2 unspecified atom stereocenters. The Hall–Kier alpha value is -1.36. The van der Waals surface area contributed by atoms with Gasteiger partial charge < -0.3 is 15.4 Å². The number of ether oxygens (including phenoxy) is 1. The number of hydrogen-bond acceptors (Lipinski definition) is 5. The fourth-order valence-corrected chi connectivity index (χ4v) is 2.62. The minimum absolute atomic E-state index is 0.373. The molecule has 0 bridgehead atoms. The molecule has 0 saturated carbocycles. The number of anilines is 2. The van der Waals surface area contributed by atoms with Gasteiger partial charge in [0.1, 0.15) is 18.0 Å². The average Bonchev–Trinajstić information content (AvgIpc) is 2.97. The molecule has 0 aromatic carbocycles. The quantitative estimate of drug-likeness (QED) is 0.803. The predicted molar refractivity (Wildman–Crippen MR) is 82.2 cm³/mol. The normalized spacial score (nSPS) is 19.9. The van der Waals surface area contributed by atoms with Crippen LogP contribution in [0.4, 0.5) is 11.6 Å². The Morgan fingerprint density at radius 2 is 2.15 bits per heavy atom. The molecule has 0 amide bonds. The first-order valence-corrected chi connectivity index (χ1v) is 7.68. The van der Waals surface area contributed by atoms with Gasteiger partial charge in [-0.2, -0.15) is 0 Å². The molecule has 1 aromatic heterocycles. The van der Waals surface area contributed by atoms with E-state index in [1.165, 1.54) is 5.56 Å². The summed E-state index contributed by atoms with van der Waals surface area (Å²) in [5.41, 5.74) is 1.20. The first-order valence-electron chi connectivity index (χ1n) is 7.68. The maximum atomic E-state index is 5.47. The van der Waals surface area contributed by atoms with Gasteiger partial charge in [0.05, 0.1) is 6.61 Å². The van der Waals surface area contributed by atoms with E-state index in [4.69, 9.17) is 4.74 Å². The average molecular weight is 278 g/mol.